The zero-order valence-electron chi connectivity index (χ0n) is 17.0. The molecule has 2 aromatic rings. The number of benzene rings is 2. The number of carbonyl (C=O) groups excluding carboxylic acids is 3. The van der Waals surface area contributed by atoms with Crippen LogP contribution in [0.2, 0.25) is 0 Å². The van der Waals surface area contributed by atoms with Gasteiger partial charge in [0.1, 0.15) is 0 Å². The Morgan fingerprint density at radius 2 is 1.60 bits per heavy atom. The normalized spacial score (nSPS) is 17.1. The lowest BCUT2D eigenvalue weighted by Crippen LogP contribution is -2.36. The van der Waals surface area contributed by atoms with E-state index in [1.807, 2.05) is 0 Å². The molecule has 1 aliphatic heterocycles. The van der Waals surface area contributed by atoms with Gasteiger partial charge in [-0.05, 0) is 55.7 Å². The van der Waals surface area contributed by atoms with Crippen molar-refractivity contribution in [2.75, 3.05) is 16.8 Å². The molecule has 0 spiro atoms. The van der Waals surface area contributed by atoms with E-state index in [0.29, 0.717) is 29.8 Å². The minimum atomic E-state index is -0.285. The Hall–Kier alpha value is -3.15. The van der Waals surface area contributed by atoms with Gasteiger partial charge in [-0.1, -0.05) is 31.4 Å². The number of nitrogens with one attached hydrogen (secondary N) is 2. The van der Waals surface area contributed by atoms with Crippen LogP contribution in [0.15, 0.2) is 48.5 Å². The van der Waals surface area contributed by atoms with Gasteiger partial charge in [-0.3, -0.25) is 14.4 Å². The average molecular weight is 405 g/mol. The SMILES string of the molecule is O=C(Nc1ccccc1C(=O)NC1CCCCC1)c1ccc(N2CCCC2=O)cc1. The maximum absolute atomic E-state index is 12.8. The summed E-state index contributed by atoms with van der Waals surface area (Å²) in [4.78, 5) is 39.2. The van der Waals surface area contributed by atoms with Crippen molar-refractivity contribution in [3.8, 4) is 0 Å². The van der Waals surface area contributed by atoms with Gasteiger partial charge >= 0.3 is 0 Å². The molecule has 156 valence electrons. The summed E-state index contributed by atoms with van der Waals surface area (Å²) in [5.74, 6) is -0.321. The molecule has 1 saturated carbocycles. The van der Waals surface area contributed by atoms with Crippen molar-refractivity contribution in [3.63, 3.8) is 0 Å². The molecule has 0 atom stereocenters. The Kier molecular flexibility index (Phi) is 6.12. The summed E-state index contributed by atoms with van der Waals surface area (Å²) in [5, 5.41) is 5.97. The summed E-state index contributed by atoms with van der Waals surface area (Å²) in [6.07, 6.45) is 6.95. The van der Waals surface area contributed by atoms with Crippen molar-refractivity contribution in [2.24, 2.45) is 0 Å². The predicted octanol–water partition coefficient (Wildman–Crippen LogP) is 4.13. The van der Waals surface area contributed by atoms with Crippen LogP contribution in [-0.4, -0.2) is 30.3 Å². The summed E-state index contributed by atoms with van der Waals surface area (Å²) in [6, 6.07) is 14.3. The molecule has 0 unspecified atom stereocenters. The maximum atomic E-state index is 12.8. The highest BCUT2D eigenvalue weighted by molar-refractivity contribution is 6.09. The molecule has 2 fully saturated rings. The van der Waals surface area contributed by atoms with Crippen molar-refractivity contribution >= 4 is 29.1 Å². The molecule has 4 rings (SSSR count). The molecule has 2 N–H and O–H groups in total. The van der Waals surface area contributed by atoms with Crippen molar-refractivity contribution < 1.29 is 14.4 Å². The van der Waals surface area contributed by atoms with Gasteiger partial charge in [0.2, 0.25) is 5.91 Å². The molecule has 1 saturated heterocycles. The first-order valence-electron chi connectivity index (χ1n) is 10.7. The fraction of sp³-hybridized carbons (Fsp3) is 0.375. The number of carbonyl (C=O) groups is 3. The van der Waals surface area contributed by atoms with Crippen LogP contribution in [0.5, 0.6) is 0 Å². The van der Waals surface area contributed by atoms with Gasteiger partial charge in [-0.15, -0.1) is 0 Å². The smallest absolute Gasteiger partial charge is 0.255 e. The van der Waals surface area contributed by atoms with Crippen LogP contribution in [0, 0.1) is 0 Å². The van der Waals surface area contributed by atoms with E-state index in [2.05, 4.69) is 10.6 Å². The summed E-state index contributed by atoms with van der Waals surface area (Å²) >= 11 is 0. The maximum Gasteiger partial charge on any atom is 0.255 e. The number of nitrogens with zero attached hydrogens (tertiary/aromatic N) is 1. The van der Waals surface area contributed by atoms with Gasteiger partial charge in [0.05, 0.1) is 11.3 Å². The highest BCUT2D eigenvalue weighted by Gasteiger charge is 2.22. The van der Waals surface area contributed by atoms with Crippen LogP contribution < -0.4 is 15.5 Å². The number of rotatable bonds is 5. The van der Waals surface area contributed by atoms with Crippen LogP contribution in [0.3, 0.4) is 0 Å². The minimum Gasteiger partial charge on any atom is -0.349 e. The van der Waals surface area contributed by atoms with E-state index in [0.717, 1.165) is 37.8 Å². The molecule has 1 aliphatic carbocycles. The molecular weight excluding hydrogens is 378 g/mol. The lowest BCUT2D eigenvalue weighted by atomic mass is 9.95. The fourth-order valence-electron chi connectivity index (χ4n) is 4.21. The van der Waals surface area contributed by atoms with Gasteiger partial charge in [0, 0.05) is 30.3 Å². The third-order valence-electron chi connectivity index (χ3n) is 5.87. The molecular formula is C24H27N3O3. The minimum absolute atomic E-state index is 0.116. The van der Waals surface area contributed by atoms with Crippen LogP contribution in [0.1, 0.15) is 65.7 Å². The molecule has 0 radical (unpaired) electrons. The van der Waals surface area contributed by atoms with E-state index in [9.17, 15) is 14.4 Å². The standard InChI is InChI=1S/C24H27N3O3/c28-22-11-6-16-27(22)19-14-12-17(13-15-19)23(29)26-21-10-5-4-9-20(21)24(30)25-18-7-2-1-3-8-18/h4-5,9-10,12-15,18H,1-3,6-8,11,16H2,(H,25,30)(H,26,29). The number of para-hydroxylation sites is 1. The first-order chi connectivity index (χ1) is 14.6. The van der Waals surface area contributed by atoms with Crippen molar-refractivity contribution in [3.05, 3.63) is 59.7 Å². The van der Waals surface area contributed by atoms with Gasteiger partial charge in [-0.2, -0.15) is 0 Å². The lowest BCUT2D eigenvalue weighted by Gasteiger charge is -2.23. The largest absolute Gasteiger partial charge is 0.349 e. The highest BCUT2D eigenvalue weighted by atomic mass is 16.2. The second-order valence-electron chi connectivity index (χ2n) is 8.00. The second-order valence-corrected chi connectivity index (χ2v) is 8.00. The number of amides is 3. The van der Waals surface area contributed by atoms with Crippen molar-refractivity contribution in [2.45, 2.75) is 51.0 Å². The summed E-state index contributed by atoms with van der Waals surface area (Å²) < 4.78 is 0. The van der Waals surface area contributed by atoms with Crippen LogP contribution >= 0.6 is 0 Å². The second kappa shape index (κ2) is 9.11. The molecule has 3 amide bonds. The Bertz CT molecular complexity index is 933. The molecule has 6 nitrogen and oxygen atoms in total. The summed E-state index contributed by atoms with van der Waals surface area (Å²) in [7, 11) is 0. The Balaban J connectivity index is 1.44. The summed E-state index contributed by atoms with van der Waals surface area (Å²) in [6.45, 7) is 0.716. The first kappa shape index (κ1) is 20.1. The van der Waals surface area contributed by atoms with Crippen LogP contribution in [0.25, 0.3) is 0 Å². The third-order valence-corrected chi connectivity index (χ3v) is 5.87. The van der Waals surface area contributed by atoms with E-state index in [1.54, 1.807) is 53.4 Å². The molecule has 0 bridgehead atoms. The number of hydrogen-bond acceptors (Lipinski definition) is 3. The van der Waals surface area contributed by atoms with Crippen molar-refractivity contribution in [1.29, 1.82) is 0 Å². The first-order valence-corrected chi connectivity index (χ1v) is 10.7. The zero-order chi connectivity index (χ0) is 20.9. The van der Waals surface area contributed by atoms with E-state index in [1.165, 1.54) is 6.42 Å². The van der Waals surface area contributed by atoms with Gasteiger partial charge in [-0.25, -0.2) is 0 Å². The van der Waals surface area contributed by atoms with Gasteiger partial charge in [0.15, 0.2) is 0 Å². The zero-order valence-corrected chi connectivity index (χ0v) is 17.0. The van der Waals surface area contributed by atoms with Crippen molar-refractivity contribution in [1.82, 2.24) is 5.32 Å². The average Bonchev–Trinajstić information content (AvgIpc) is 3.20. The monoisotopic (exact) mass is 405 g/mol. The molecule has 0 aromatic heterocycles. The lowest BCUT2D eigenvalue weighted by molar-refractivity contribution is -0.117. The molecule has 6 heteroatoms. The quantitative estimate of drug-likeness (QED) is 0.785. The van der Waals surface area contributed by atoms with E-state index in [-0.39, 0.29) is 23.8 Å². The Morgan fingerprint density at radius 3 is 2.30 bits per heavy atom. The van der Waals surface area contributed by atoms with Crippen LogP contribution in [-0.2, 0) is 4.79 Å². The van der Waals surface area contributed by atoms with Crippen LogP contribution in [0.4, 0.5) is 11.4 Å². The molecule has 2 aromatic carbocycles. The third kappa shape index (κ3) is 4.53. The molecule has 30 heavy (non-hydrogen) atoms. The Morgan fingerprint density at radius 1 is 0.867 bits per heavy atom. The van der Waals surface area contributed by atoms with E-state index >= 15 is 0 Å². The number of hydrogen-bond donors (Lipinski definition) is 2. The summed E-state index contributed by atoms with van der Waals surface area (Å²) in [5.41, 5.74) is 2.25. The topological polar surface area (TPSA) is 78.5 Å². The highest BCUT2D eigenvalue weighted by Crippen LogP contribution is 2.23. The van der Waals surface area contributed by atoms with E-state index < -0.39 is 0 Å². The predicted molar refractivity (Wildman–Crippen MR) is 117 cm³/mol. The Labute approximate surface area is 176 Å². The fourth-order valence-corrected chi connectivity index (χ4v) is 4.21. The van der Waals surface area contributed by atoms with Gasteiger partial charge in [0.25, 0.3) is 11.8 Å². The molecule has 1 heterocycles. The van der Waals surface area contributed by atoms with E-state index in [4.69, 9.17) is 0 Å². The van der Waals surface area contributed by atoms with Gasteiger partial charge < -0.3 is 15.5 Å². The number of anilines is 2. The molecule has 2 aliphatic rings.